The highest BCUT2D eigenvalue weighted by molar-refractivity contribution is 5.78. The van der Waals surface area contributed by atoms with E-state index >= 15 is 0 Å². The molecule has 2 saturated heterocycles. The van der Waals surface area contributed by atoms with Crippen molar-refractivity contribution >= 4 is 5.97 Å². The summed E-state index contributed by atoms with van der Waals surface area (Å²) in [5.41, 5.74) is 0. The van der Waals surface area contributed by atoms with Crippen LogP contribution in [0.25, 0.3) is 0 Å². The topological polar surface area (TPSA) is 63.5 Å². The monoisotopic (exact) mass is 333 g/mol. The maximum atomic E-state index is 12.0. The minimum Gasteiger partial charge on any atom is -0.461 e. The third-order valence-electron chi connectivity index (χ3n) is 5.74. The lowest BCUT2D eigenvalue weighted by molar-refractivity contribution is -0.144. The van der Waals surface area contributed by atoms with Crippen LogP contribution in [0.3, 0.4) is 0 Å². The van der Waals surface area contributed by atoms with Gasteiger partial charge in [-0.05, 0) is 33.2 Å². The van der Waals surface area contributed by atoms with Crippen LogP contribution in [-0.4, -0.2) is 68.9 Å². The van der Waals surface area contributed by atoms with Gasteiger partial charge in [-0.3, -0.25) is 14.6 Å². The van der Waals surface area contributed by atoms with E-state index in [2.05, 4.69) is 38.7 Å². The Morgan fingerprint density at radius 1 is 1.29 bits per heavy atom. The highest BCUT2D eigenvalue weighted by atomic mass is 16.6. The van der Waals surface area contributed by atoms with E-state index in [1.165, 1.54) is 12.8 Å². The van der Waals surface area contributed by atoms with Crippen LogP contribution in [0.2, 0.25) is 0 Å². The molecule has 4 rings (SSSR count). The number of carbonyl (C=O) groups is 1. The number of esters is 1. The molecule has 1 aromatic heterocycles. The fraction of sp³-hybridized carbons (Fsp3) is 0.824. The first-order chi connectivity index (χ1) is 11.5. The highest BCUT2D eigenvalue weighted by Gasteiger charge is 2.40. The number of rotatable bonds is 5. The van der Waals surface area contributed by atoms with Crippen molar-refractivity contribution < 1.29 is 9.53 Å². The summed E-state index contributed by atoms with van der Waals surface area (Å²) in [6.07, 6.45) is 4.45. The van der Waals surface area contributed by atoms with E-state index in [0.717, 1.165) is 44.1 Å². The van der Waals surface area contributed by atoms with Crippen molar-refractivity contribution in [2.75, 3.05) is 20.1 Å². The van der Waals surface area contributed by atoms with Gasteiger partial charge in [0.05, 0.1) is 6.54 Å². The SMILES string of the molecule is C[C@@H]1C[C@H](N2CC[C@H](N(C)Cc3nnc(C4CC4)n3C)C2)C(=O)O1. The maximum absolute atomic E-state index is 12.0. The van der Waals surface area contributed by atoms with Crippen LogP contribution in [0, 0.1) is 0 Å². The zero-order valence-electron chi connectivity index (χ0n) is 14.8. The van der Waals surface area contributed by atoms with E-state index in [1.807, 2.05) is 6.92 Å². The molecule has 0 aromatic carbocycles. The van der Waals surface area contributed by atoms with Gasteiger partial charge in [0.15, 0.2) is 0 Å². The van der Waals surface area contributed by atoms with Crippen LogP contribution >= 0.6 is 0 Å². The van der Waals surface area contributed by atoms with E-state index in [9.17, 15) is 4.79 Å². The molecule has 0 bridgehead atoms. The Balaban J connectivity index is 1.36. The van der Waals surface area contributed by atoms with Gasteiger partial charge in [0, 0.05) is 38.5 Å². The summed E-state index contributed by atoms with van der Waals surface area (Å²) < 4.78 is 7.47. The second-order valence-electron chi connectivity index (χ2n) is 7.66. The van der Waals surface area contributed by atoms with Gasteiger partial charge >= 0.3 is 5.97 Å². The molecular formula is C17H27N5O2. The standard InChI is InChI=1S/C17H27N5O2/c1-11-8-14(17(23)24-11)22-7-6-13(9-22)20(2)10-15-18-19-16(21(15)3)12-4-5-12/h11-14H,4-10H2,1-3H3/t11-,13+,14+/m1/s1. The molecule has 3 aliphatic rings. The molecule has 3 fully saturated rings. The molecule has 1 saturated carbocycles. The molecule has 0 amide bonds. The maximum Gasteiger partial charge on any atom is 0.323 e. The molecule has 24 heavy (non-hydrogen) atoms. The minimum absolute atomic E-state index is 0.0466. The third kappa shape index (κ3) is 2.95. The summed E-state index contributed by atoms with van der Waals surface area (Å²) in [5, 5.41) is 8.76. The fourth-order valence-corrected chi connectivity index (χ4v) is 4.01. The second kappa shape index (κ2) is 6.11. The Labute approximate surface area is 143 Å². The van der Waals surface area contributed by atoms with Crippen molar-refractivity contribution in [3.8, 4) is 0 Å². The number of aromatic nitrogens is 3. The van der Waals surface area contributed by atoms with Crippen molar-refractivity contribution in [3.05, 3.63) is 11.6 Å². The number of carbonyl (C=O) groups excluding carboxylic acids is 1. The van der Waals surface area contributed by atoms with Gasteiger partial charge in [-0.1, -0.05) is 0 Å². The number of likely N-dealkylation sites (N-methyl/N-ethyl adjacent to an activating group) is 1. The number of ether oxygens (including phenoxy) is 1. The van der Waals surface area contributed by atoms with Gasteiger partial charge in [0.1, 0.15) is 23.8 Å². The number of hydrogen-bond acceptors (Lipinski definition) is 6. The first kappa shape index (κ1) is 16.0. The van der Waals surface area contributed by atoms with E-state index in [4.69, 9.17) is 4.74 Å². The lowest BCUT2D eigenvalue weighted by Gasteiger charge is -2.25. The van der Waals surface area contributed by atoms with Crippen LogP contribution in [0.4, 0.5) is 0 Å². The van der Waals surface area contributed by atoms with Crippen LogP contribution in [0.5, 0.6) is 0 Å². The molecule has 0 N–H and O–H groups in total. The Bertz CT molecular complexity index is 626. The number of hydrogen-bond donors (Lipinski definition) is 0. The van der Waals surface area contributed by atoms with Crippen molar-refractivity contribution in [2.45, 2.75) is 63.3 Å². The minimum atomic E-state index is -0.0480. The van der Waals surface area contributed by atoms with Gasteiger partial charge in [0.25, 0.3) is 0 Å². The van der Waals surface area contributed by atoms with E-state index in [0.29, 0.717) is 12.0 Å². The van der Waals surface area contributed by atoms with Crippen molar-refractivity contribution in [1.82, 2.24) is 24.6 Å². The summed E-state index contributed by atoms with van der Waals surface area (Å²) in [6, 6.07) is 0.407. The molecule has 0 unspecified atom stereocenters. The third-order valence-corrected chi connectivity index (χ3v) is 5.74. The Kier molecular flexibility index (Phi) is 4.08. The first-order valence-corrected chi connectivity index (χ1v) is 9.06. The number of nitrogens with zero attached hydrogens (tertiary/aromatic N) is 5. The normalized spacial score (nSPS) is 31.2. The van der Waals surface area contributed by atoms with Crippen LogP contribution < -0.4 is 0 Å². The van der Waals surface area contributed by atoms with Crippen molar-refractivity contribution in [3.63, 3.8) is 0 Å². The van der Waals surface area contributed by atoms with E-state index in [1.54, 1.807) is 0 Å². The predicted octanol–water partition coefficient (Wildman–Crippen LogP) is 0.903. The van der Waals surface area contributed by atoms with Gasteiger partial charge in [-0.2, -0.15) is 0 Å². The smallest absolute Gasteiger partial charge is 0.323 e. The van der Waals surface area contributed by atoms with E-state index < -0.39 is 0 Å². The zero-order chi connectivity index (χ0) is 16.8. The molecule has 7 nitrogen and oxygen atoms in total. The van der Waals surface area contributed by atoms with Gasteiger partial charge in [-0.15, -0.1) is 10.2 Å². The van der Waals surface area contributed by atoms with Crippen LogP contribution in [-0.2, 0) is 23.1 Å². The number of likely N-dealkylation sites (tertiary alicyclic amines) is 1. The number of cyclic esters (lactones) is 1. The average Bonchev–Trinajstić information content (AvgIpc) is 2.99. The summed E-state index contributed by atoms with van der Waals surface area (Å²) in [5.74, 6) is 2.74. The quantitative estimate of drug-likeness (QED) is 0.746. The lowest BCUT2D eigenvalue weighted by atomic mass is 10.1. The fourth-order valence-electron chi connectivity index (χ4n) is 4.01. The van der Waals surface area contributed by atoms with Crippen molar-refractivity contribution in [2.24, 2.45) is 7.05 Å². The molecule has 1 aliphatic carbocycles. The van der Waals surface area contributed by atoms with Crippen molar-refractivity contribution in [1.29, 1.82) is 0 Å². The molecule has 1 aromatic rings. The first-order valence-electron chi connectivity index (χ1n) is 9.06. The Morgan fingerprint density at radius 3 is 2.75 bits per heavy atom. The molecule has 132 valence electrons. The highest BCUT2D eigenvalue weighted by Crippen LogP contribution is 2.38. The molecule has 0 spiro atoms. The largest absolute Gasteiger partial charge is 0.461 e. The lowest BCUT2D eigenvalue weighted by Crippen LogP contribution is -2.40. The average molecular weight is 333 g/mol. The van der Waals surface area contributed by atoms with Gasteiger partial charge in [-0.25, -0.2) is 0 Å². The molecule has 3 heterocycles. The summed E-state index contributed by atoms with van der Waals surface area (Å²) >= 11 is 0. The summed E-state index contributed by atoms with van der Waals surface area (Å²) in [4.78, 5) is 16.6. The molecule has 3 atom stereocenters. The molecular weight excluding hydrogens is 306 g/mol. The second-order valence-corrected chi connectivity index (χ2v) is 7.66. The molecule has 2 aliphatic heterocycles. The summed E-state index contributed by atoms with van der Waals surface area (Å²) in [6.45, 7) is 4.67. The van der Waals surface area contributed by atoms with Crippen LogP contribution in [0.15, 0.2) is 0 Å². The zero-order valence-corrected chi connectivity index (χ0v) is 14.8. The van der Waals surface area contributed by atoms with Crippen LogP contribution in [0.1, 0.15) is 50.2 Å². The molecule has 7 heteroatoms. The predicted molar refractivity (Wildman–Crippen MR) is 88.4 cm³/mol. The van der Waals surface area contributed by atoms with E-state index in [-0.39, 0.29) is 18.1 Å². The Morgan fingerprint density at radius 2 is 2.08 bits per heavy atom. The Hall–Kier alpha value is -1.47. The molecule has 0 radical (unpaired) electrons. The van der Waals surface area contributed by atoms with Gasteiger partial charge < -0.3 is 9.30 Å². The van der Waals surface area contributed by atoms with Gasteiger partial charge in [0.2, 0.25) is 0 Å². The summed E-state index contributed by atoms with van der Waals surface area (Å²) in [7, 11) is 4.23.